The van der Waals surface area contributed by atoms with Gasteiger partial charge in [-0.1, -0.05) is 6.08 Å². The molecule has 0 aromatic carbocycles. The number of carbonyl (C=O) groups excluding carboxylic acids is 1. The van der Waals surface area contributed by atoms with E-state index in [0.29, 0.717) is 6.42 Å². The van der Waals surface area contributed by atoms with Gasteiger partial charge in [0.05, 0.1) is 7.11 Å². The van der Waals surface area contributed by atoms with Crippen LogP contribution < -0.4 is 5.32 Å². The zero-order chi connectivity index (χ0) is 9.68. The maximum atomic E-state index is 11.2. The standard InChI is InChI=1S/C10H17NO2/c1-3-4-9(10(12)13-2)11-7-8-5-6-8/h3,8-9,11H,1,4-7H2,2H3/t9-/m0/s1. The molecule has 1 atom stereocenters. The van der Waals surface area contributed by atoms with Crippen molar-refractivity contribution in [2.75, 3.05) is 13.7 Å². The van der Waals surface area contributed by atoms with Gasteiger partial charge in [0.25, 0.3) is 0 Å². The molecule has 0 saturated heterocycles. The first-order valence-electron chi connectivity index (χ1n) is 4.70. The highest BCUT2D eigenvalue weighted by atomic mass is 16.5. The third-order valence-corrected chi connectivity index (χ3v) is 2.24. The van der Waals surface area contributed by atoms with Crippen LogP contribution in [-0.4, -0.2) is 25.7 Å². The Morgan fingerprint density at radius 2 is 2.46 bits per heavy atom. The second kappa shape index (κ2) is 5.02. The van der Waals surface area contributed by atoms with Crippen LogP contribution in [0.5, 0.6) is 0 Å². The lowest BCUT2D eigenvalue weighted by Crippen LogP contribution is -2.38. The molecule has 3 nitrogen and oxygen atoms in total. The highest BCUT2D eigenvalue weighted by molar-refractivity contribution is 5.75. The Morgan fingerprint density at radius 1 is 1.77 bits per heavy atom. The average molecular weight is 183 g/mol. The summed E-state index contributed by atoms with van der Waals surface area (Å²) in [6.07, 6.45) is 4.95. The molecule has 0 aromatic heterocycles. The summed E-state index contributed by atoms with van der Waals surface area (Å²) >= 11 is 0. The average Bonchev–Trinajstić information content (AvgIpc) is 2.94. The van der Waals surface area contributed by atoms with Crippen LogP contribution in [0.2, 0.25) is 0 Å². The number of ether oxygens (including phenoxy) is 1. The van der Waals surface area contributed by atoms with Crippen molar-refractivity contribution in [3.63, 3.8) is 0 Å². The van der Waals surface area contributed by atoms with Gasteiger partial charge >= 0.3 is 5.97 Å². The van der Waals surface area contributed by atoms with E-state index in [2.05, 4.69) is 16.6 Å². The minimum atomic E-state index is -0.205. The molecular formula is C10H17NO2. The van der Waals surface area contributed by atoms with E-state index in [4.69, 9.17) is 0 Å². The Hall–Kier alpha value is -0.830. The summed E-state index contributed by atoms with van der Waals surface area (Å²) in [4.78, 5) is 11.2. The van der Waals surface area contributed by atoms with E-state index in [1.807, 2.05) is 0 Å². The van der Waals surface area contributed by atoms with E-state index in [1.165, 1.54) is 20.0 Å². The molecule has 3 heteroatoms. The van der Waals surface area contributed by atoms with Gasteiger partial charge in [0.15, 0.2) is 0 Å². The Balaban J connectivity index is 2.26. The molecule has 13 heavy (non-hydrogen) atoms. The van der Waals surface area contributed by atoms with Crippen molar-refractivity contribution in [2.24, 2.45) is 5.92 Å². The summed E-state index contributed by atoms with van der Waals surface area (Å²) in [6, 6.07) is -0.205. The lowest BCUT2D eigenvalue weighted by atomic mass is 10.2. The molecule has 1 saturated carbocycles. The molecule has 0 bridgehead atoms. The van der Waals surface area contributed by atoms with Crippen LogP contribution in [0.3, 0.4) is 0 Å². The maximum absolute atomic E-state index is 11.2. The van der Waals surface area contributed by atoms with Crippen molar-refractivity contribution in [1.29, 1.82) is 0 Å². The van der Waals surface area contributed by atoms with Gasteiger partial charge in [-0.05, 0) is 31.7 Å². The second-order valence-electron chi connectivity index (χ2n) is 3.45. The number of methoxy groups -OCH3 is 1. The van der Waals surface area contributed by atoms with E-state index in [-0.39, 0.29) is 12.0 Å². The SMILES string of the molecule is C=CC[C@H](NCC1CC1)C(=O)OC. The molecule has 1 N–H and O–H groups in total. The van der Waals surface area contributed by atoms with Crippen LogP contribution in [-0.2, 0) is 9.53 Å². The van der Waals surface area contributed by atoms with Gasteiger partial charge in [-0.25, -0.2) is 0 Å². The Labute approximate surface area is 79.2 Å². The number of nitrogens with one attached hydrogen (secondary N) is 1. The molecule has 0 amide bonds. The summed E-state index contributed by atoms with van der Waals surface area (Å²) in [5, 5.41) is 3.19. The number of carbonyl (C=O) groups is 1. The van der Waals surface area contributed by atoms with Gasteiger partial charge in [-0.2, -0.15) is 0 Å². The summed E-state index contributed by atoms with van der Waals surface area (Å²) < 4.78 is 4.67. The molecule has 0 radical (unpaired) electrons. The minimum absolute atomic E-state index is 0.194. The molecule has 0 aliphatic heterocycles. The Kier molecular flexibility index (Phi) is 3.96. The molecule has 1 fully saturated rings. The minimum Gasteiger partial charge on any atom is -0.468 e. The third-order valence-electron chi connectivity index (χ3n) is 2.24. The smallest absolute Gasteiger partial charge is 0.323 e. The molecule has 0 spiro atoms. The van der Waals surface area contributed by atoms with Gasteiger partial charge in [0.2, 0.25) is 0 Å². The van der Waals surface area contributed by atoms with Gasteiger partial charge in [-0.3, -0.25) is 4.79 Å². The summed E-state index contributed by atoms with van der Waals surface area (Å²) in [5.41, 5.74) is 0. The van der Waals surface area contributed by atoms with E-state index in [9.17, 15) is 4.79 Å². The van der Waals surface area contributed by atoms with Crippen LogP contribution in [0, 0.1) is 5.92 Å². The van der Waals surface area contributed by atoms with Crippen LogP contribution in [0.1, 0.15) is 19.3 Å². The van der Waals surface area contributed by atoms with E-state index in [0.717, 1.165) is 12.5 Å². The van der Waals surface area contributed by atoms with Gasteiger partial charge in [0.1, 0.15) is 6.04 Å². The molecular weight excluding hydrogens is 166 g/mol. The highest BCUT2D eigenvalue weighted by Gasteiger charge is 2.24. The van der Waals surface area contributed by atoms with E-state index >= 15 is 0 Å². The quantitative estimate of drug-likeness (QED) is 0.495. The Bertz CT molecular complexity index is 187. The second-order valence-corrected chi connectivity index (χ2v) is 3.45. The van der Waals surface area contributed by atoms with E-state index < -0.39 is 0 Å². The van der Waals surface area contributed by atoms with Crippen molar-refractivity contribution >= 4 is 5.97 Å². The number of hydrogen-bond acceptors (Lipinski definition) is 3. The fourth-order valence-corrected chi connectivity index (χ4v) is 1.20. The first-order valence-corrected chi connectivity index (χ1v) is 4.70. The molecule has 0 aromatic rings. The summed E-state index contributed by atoms with van der Waals surface area (Å²) in [7, 11) is 1.41. The lowest BCUT2D eigenvalue weighted by molar-refractivity contribution is -0.143. The summed E-state index contributed by atoms with van der Waals surface area (Å²) in [5.74, 6) is 0.581. The van der Waals surface area contributed by atoms with Crippen LogP contribution in [0.25, 0.3) is 0 Å². The van der Waals surface area contributed by atoms with Crippen LogP contribution >= 0.6 is 0 Å². The van der Waals surface area contributed by atoms with E-state index in [1.54, 1.807) is 6.08 Å². The lowest BCUT2D eigenvalue weighted by Gasteiger charge is -2.13. The highest BCUT2D eigenvalue weighted by Crippen LogP contribution is 2.27. The normalized spacial score (nSPS) is 17.9. The monoisotopic (exact) mass is 183 g/mol. The zero-order valence-corrected chi connectivity index (χ0v) is 8.08. The Morgan fingerprint density at radius 3 is 2.92 bits per heavy atom. The van der Waals surface area contributed by atoms with Crippen LogP contribution in [0.15, 0.2) is 12.7 Å². The van der Waals surface area contributed by atoms with Gasteiger partial charge < -0.3 is 10.1 Å². The molecule has 0 heterocycles. The van der Waals surface area contributed by atoms with Crippen molar-refractivity contribution in [1.82, 2.24) is 5.32 Å². The van der Waals surface area contributed by atoms with Crippen molar-refractivity contribution in [3.05, 3.63) is 12.7 Å². The fourth-order valence-electron chi connectivity index (χ4n) is 1.20. The predicted molar refractivity (Wildman–Crippen MR) is 51.3 cm³/mol. The summed E-state index contributed by atoms with van der Waals surface area (Å²) in [6.45, 7) is 4.54. The first-order chi connectivity index (χ1) is 6.27. The largest absolute Gasteiger partial charge is 0.468 e. The molecule has 1 aliphatic rings. The van der Waals surface area contributed by atoms with Gasteiger partial charge in [-0.15, -0.1) is 6.58 Å². The van der Waals surface area contributed by atoms with Crippen LogP contribution in [0.4, 0.5) is 0 Å². The zero-order valence-electron chi connectivity index (χ0n) is 8.08. The van der Waals surface area contributed by atoms with Crippen molar-refractivity contribution < 1.29 is 9.53 Å². The number of hydrogen-bond donors (Lipinski definition) is 1. The predicted octanol–water partition coefficient (Wildman–Crippen LogP) is 1.10. The molecule has 0 unspecified atom stereocenters. The maximum Gasteiger partial charge on any atom is 0.323 e. The third kappa shape index (κ3) is 3.59. The fraction of sp³-hybridized carbons (Fsp3) is 0.700. The molecule has 1 rings (SSSR count). The number of rotatable bonds is 6. The topological polar surface area (TPSA) is 38.3 Å². The van der Waals surface area contributed by atoms with Crippen molar-refractivity contribution in [2.45, 2.75) is 25.3 Å². The molecule has 74 valence electrons. The van der Waals surface area contributed by atoms with Crippen molar-refractivity contribution in [3.8, 4) is 0 Å². The van der Waals surface area contributed by atoms with Gasteiger partial charge in [0, 0.05) is 0 Å². The number of esters is 1. The first kappa shape index (κ1) is 10.3. The molecule has 1 aliphatic carbocycles.